The van der Waals surface area contributed by atoms with Crippen LogP contribution in [0.15, 0.2) is 24.3 Å². The molecule has 1 aromatic carbocycles. The Morgan fingerprint density at radius 1 is 1.21 bits per heavy atom. The number of nitrogens with zero attached hydrogens (tertiary/aromatic N) is 1. The Balaban J connectivity index is 2.46. The number of aliphatic hydroxyl groups excluding tert-OH is 1. The largest absolute Gasteiger partial charge is 0.388 e. The maximum atomic E-state index is 10.2. The van der Waals surface area contributed by atoms with Crippen LogP contribution in [0.2, 0.25) is 5.02 Å². The Bertz CT molecular complexity index is 354. The molecule has 108 valence electrons. The van der Waals surface area contributed by atoms with Crippen molar-refractivity contribution in [2.75, 3.05) is 26.8 Å². The van der Waals surface area contributed by atoms with Crippen LogP contribution in [-0.4, -0.2) is 42.9 Å². The van der Waals surface area contributed by atoms with Crippen LogP contribution in [0.25, 0.3) is 0 Å². The summed E-state index contributed by atoms with van der Waals surface area (Å²) >= 11 is 5.84. The van der Waals surface area contributed by atoms with Crippen LogP contribution >= 0.6 is 11.6 Å². The summed E-state index contributed by atoms with van der Waals surface area (Å²) in [5, 5.41) is 10.9. The molecule has 4 heteroatoms. The minimum atomic E-state index is -0.443. The van der Waals surface area contributed by atoms with E-state index in [4.69, 9.17) is 16.3 Å². The van der Waals surface area contributed by atoms with E-state index in [9.17, 15) is 5.11 Å². The highest BCUT2D eigenvalue weighted by atomic mass is 35.5. The summed E-state index contributed by atoms with van der Waals surface area (Å²) in [6, 6.07) is 7.83. The molecule has 0 aromatic heterocycles. The Labute approximate surface area is 121 Å². The van der Waals surface area contributed by atoms with Gasteiger partial charge in [0, 0.05) is 31.3 Å². The van der Waals surface area contributed by atoms with Crippen LogP contribution in [-0.2, 0) is 4.74 Å². The molecule has 0 radical (unpaired) electrons. The monoisotopic (exact) mass is 285 g/mol. The first kappa shape index (κ1) is 16.4. The first-order valence-electron chi connectivity index (χ1n) is 6.71. The fourth-order valence-electron chi connectivity index (χ4n) is 1.98. The summed E-state index contributed by atoms with van der Waals surface area (Å²) in [5.41, 5.74) is 0.917. The number of hydrogen-bond donors (Lipinski definition) is 1. The van der Waals surface area contributed by atoms with Gasteiger partial charge >= 0.3 is 0 Å². The quantitative estimate of drug-likeness (QED) is 0.797. The van der Waals surface area contributed by atoms with Crippen LogP contribution < -0.4 is 0 Å². The second-order valence-corrected chi connectivity index (χ2v) is 5.41. The van der Waals surface area contributed by atoms with Crippen LogP contribution in [0.3, 0.4) is 0 Å². The lowest BCUT2D eigenvalue weighted by molar-refractivity contribution is 0.102. The first-order valence-corrected chi connectivity index (χ1v) is 7.09. The van der Waals surface area contributed by atoms with E-state index < -0.39 is 6.10 Å². The molecular formula is C15H24ClNO2. The van der Waals surface area contributed by atoms with Gasteiger partial charge in [-0.1, -0.05) is 23.7 Å². The fourth-order valence-corrected chi connectivity index (χ4v) is 2.10. The van der Waals surface area contributed by atoms with E-state index in [0.29, 0.717) is 17.5 Å². The molecule has 0 spiro atoms. The smallest absolute Gasteiger partial charge is 0.0802 e. The molecule has 0 amide bonds. The minimum absolute atomic E-state index is 0.443. The van der Waals surface area contributed by atoms with Gasteiger partial charge in [0.1, 0.15) is 0 Å². The zero-order chi connectivity index (χ0) is 14.3. The Morgan fingerprint density at radius 3 is 2.37 bits per heavy atom. The summed E-state index contributed by atoms with van der Waals surface area (Å²) in [4.78, 5) is 2.31. The molecule has 19 heavy (non-hydrogen) atoms. The highest BCUT2D eigenvalue weighted by Gasteiger charge is 2.13. The van der Waals surface area contributed by atoms with Crippen molar-refractivity contribution >= 4 is 11.6 Å². The van der Waals surface area contributed by atoms with Gasteiger partial charge in [-0.15, -0.1) is 0 Å². The summed E-state index contributed by atoms with van der Waals surface area (Å²) in [6.45, 7) is 6.77. The predicted molar refractivity (Wildman–Crippen MR) is 79.6 cm³/mol. The predicted octanol–water partition coefficient (Wildman–Crippen LogP) is 3.12. The Morgan fingerprint density at radius 2 is 1.84 bits per heavy atom. The van der Waals surface area contributed by atoms with Gasteiger partial charge in [-0.2, -0.15) is 0 Å². The molecule has 0 heterocycles. The first-order chi connectivity index (χ1) is 9.04. The van der Waals surface area contributed by atoms with Gasteiger partial charge in [-0.25, -0.2) is 0 Å². The molecule has 1 rings (SSSR count). The molecule has 0 saturated carbocycles. The van der Waals surface area contributed by atoms with E-state index in [2.05, 4.69) is 18.7 Å². The van der Waals surface area contributed by atoms with Gasteiger partial charge in [-0.3, -0.25) is 4.90 Å². The Hall–Kier alpha value is -0.610. The van der Waals surface area contributed by atoms with E-state index in [1.165, 1.54) is 0 Å². The molecule has 1 N–H and O–H groups in total. The van der Waals surface area contributed by atoms with E-state index in [0.717, 1.165) is 25.3 Å². The van der Waals surface area contributed by atoms with Crippen molar-refractivity contribution < 1.29 is 9.84 Å². The van der Waals surface area contributed by atoms with Gasteiger partial charge in [0.2, 0.25) is 0 Å². The topological polar surface area (TPSA) is 32.7 Å². The highest BCUT2D eigenvalue weighted by Crippen LogP contribution is 2.19. The normalized spacial score (nSPS) is 13.2. The van der Waals surface area contributed by atoms with Crippen molar-refractivity contribution in [3.63, 3.8) is 0 Å². The lowest BCUT2D eigenvalue weighted by Crippen LogP contribution is -2.35. The average Bonchev–Trinajstić information content (AvgIpc) is 2.39. The number of ether oxygens (including phenoxy) is 1. The molecule has 0 aliphatic rings. The van der Waals surface area contributed by atoms with Gasteiger partial charge in [0.15, 0.2) is 0 Å². The van der Waals surface area contributed by atoms with Crippen LogP contribution in [0.4, 0.5) is 0 Å². The van der Waals surface area contributed by atoms with E-state index in [1.54, 1.807) is 7.11 Å². The maximum Gasteiger partial charge on any atom is 0.0802 e. The van der Waals surface area contributed by atoms with E-state index in [1.807, 2.05) is 24.3 Å². The number of rotatable bonds is 8. The third-order valence-electron chi connectivity index (χ3n) is 3.26. The molecule has 1 atom stereocenters. The van der Waals surface area contributed by atoms with Crippen molar-refractivity contribution in [1.29, 1.82) is 0 Å². The SMILES string of the molecule is COCCN(CCC(O)c1ccc(Cl)cc1)C(C)C. The van der Waals surface area contributed by atoms with Gasteiger partial charge < -0.3 is 9.84 Å². The van der Waals surface area contributed by atoms with Crippen molar-refractivity contribution in [3.8, 4) is 0 Å². The van der Waals surface area contributed by atoms with Crippen molar-refractivity contribution in [2.24, 2.45) is 0 Å². The molecule has 1 aromatic rings. The average molecular weight is 286 g/mol. The van der Waals surface area contributed by atoms with E-state index >= 15 is 0 Å². The van der Waals surface area contributed by atoms with Gasteiger partial charge in [0.05, 0.1) is 12.7 Å². The molecule has 0 saturated heterocycles. The van der Waals surface area contributed by atoms with Gasteiger partial charge in [0.25, 0.3) is 0 Å². The second-order valence-electron chi connectivity index (χ2n) is 4.98. The Kier molecular flexibility index (Phi) is 7.39. The maximum absolute atomic E-state index is 10.2. The molecule has 0 aliphatic carbocycles. The lowest BCUT2D eigenvalue weighted by atomic mass is 10.1. The van der Waals surface area contributed by atoms with Gasteiger partial charge in [-0.05, 0) is 38.0 Å². The summed E-state index contributed by atoms with van der Waals surface area (Å²) in [6.07, 6.45) is 0.268. The molecule has 0 bridgehead atoms. The highest BCUT2D eigenvalue weighted by molar-refractivity contribution is 6.30. The van der Waals surface area contributed by atoms with Crippen molar-refractivity contribution in [3.05, 3.63) is 34.9 Å². The summed E-state index contributed by atoms with van der Waals surface area (Å²) in [7, 11) is 1.71. The minimum Gasteiger partial charge on any atom is -0.388 e. The molecule has 3 nitrogen and oxygen atoms in total. The molecule has 0 aliphatic heterocycles. The van der Waals surface area contributed by atoms with Crippen LogP contribution in [0.1, 0.15) is 31.9 Å². The third kappa shape index (κ3) is 5.91. The molecule has 0 fully saturated rings. The number of hydrogen-bond acceptors (Lipinski definition) is 3. The number of aliphatic hydroxyl groups is 1. The van der Waals surface area contributed by atoms with E-state index in [-0.39, 0.29) is 0 Å². The van der Waals surface area contributed by atoms with Crippen molar-refractivity contribution in [1.82, 2.24) is 4.90 Å². The van der Waals surface area contributed by atoms with Crippen molar-refractivity contribution in [2.45, 2.75) is 32.4 Å². The number of methoxy groups -OCH3 is 1. The summed E-state index contributed by atoms with van der Waals surface area (Å²) < 4.78 is 5.11. The number of benzene rings is 1. The van der Waals surface area contributed by atoms with Crippen LogP contribution in [0.5, 0.6) is 0 Å². The second kappa shape index (κ2) is 8.54. The third-order valence-corrected chi connectivity index (χ3v) is 3.51. The van der Waals surface area contributed by atoms with Crippen LogP contribution in [0, 0.1) is 0 Å². The zero-order valence-electron chi connectivity index (χ0n) is 12.0. The standard InChI is InChI=1S/C15H24ClNO2/c1-12(2)17(10-11-19-3)9-8-15(18)13-4-6-14(16)7-5-13/h4-7,12,15,18H,8-11H2,1-3H3. The molecule has 1 unspecified atom stereocenters. The molecular weight excluding hydrogens is 262 g/mol. The fraction of sp³-hybridized carbons (Fsp3) is 0.600. The number of halogens is 1. The zero-order valence-corrected chi connectivity index (χ0v) is 12.7. The summed E-state index contributed by atoms with van der Waals surface area (Å²) in [5.74, 6) is 0. The lowest BCUT2D eigenvalue weighted by Gasteiger charge is -2.27.